The highest BCUT2D eigenvalue weighted by molar-refractivity contribution is 4.70. The SMILES string of the molecule is CN(C)C(F)(F)C(O)(F)F. The molecule has 0 rings (SSSR count). The molecule has 0 aromatic rings. The minimum absolute atomic E-state index is 0.0625. The van der Waals surface area contributed by atoms with Gasteiger partial charge in [-0.2, -0.15) is 17.6 Å². The second-order valence-electron chi connectivity index (χ2n) is 1.98. The highest BCUT2D eigenvalue weighted by Crippen LogP contribution is 2.32. The van der Waals surface area contributed by atoms with E-state index in [4.69, 9.17) is 5.11 Å². The molecule has 0 saturated carbocycles. The molecule has 0 aliphatic heterocycles. The van der Waals surface area contributed by atoms with Crippen molar-refractivity contribution in [2.24, 2.45) is 0 Å². The van der Waals surface area contributed by atoms with Crippen molar-refractivity contribution in [2.45, 2.75) is 12.2 Å². The average molecular weight is 161 g/mol. The largest absolute Gasteiger partial charge is 0.432 e. The van der Waals surface area contributed by atoms with Gasteiger partial charge in [-0.15, -0.1) is 0 Å². The number of aliphatic hydroxyl groups is 1. The first-order chi connectivity index (χ1) is 4.19. The summed E-state index contributed by atoms with van der Waals surface area (Å²) in [5, 5.41) is 7.59. The van der Waals surface area contributed by atoms with Gasteiger partial charge in [-0.05, 0) is 14.1 Å². The molecule has 2 nitrogen and oxygen atoms in total. The van der Waals surface area contributed by atoms with Crippen LogP contribution in [0.5, 0.6) is 0 Å². The molecule has 0 fully saturated rings. The van der Waals surface area contributed by atoms with Gasteiger partial charge in [0.15, 0.2) is 0 Å². The Morgan fingerprint density at radius 2 is 1.40 bits per heavy atom. The zero-order valence-corrected chi connectivity index (χ0v) is 5.41. The molecule has 0 aromatic heterocycles. The smallest absolute Gasteiger partial charge is 0.330 e. The quantitative estimate of drug-likeness (QED) is 0.476. The zero-order chi connectivity index (χ0) is 8.58. The second-order valence-corrected chi connectivity index (χ2v) is 1.98. The molecule has 0 aromatic carbocycles. The van der Waals surface area contributed by atoms with E-state index in [1.165, 1.54) is 0 Å². The topological polar surface area (TPSA) is 23.5 Å². The summed E-state index contributed by atoms with van der Waals surface area (Å²) in [6.07, 6.45) is -4.99. The fraction of sp³-hybridized carbons (Fsp3) is 1.00. The Hall–Kier alpha value is -0.360. The highest BCUT2D eigenvalue weighted by atomic mass is 19.3. The van der Waals surface area contributed by atoms with Crippen molar-refractivity contribution in [1.29, 1.82) is 0 Å². The summed E-state index contributed by atoms with van der Waals surface area (Å²) >= 11 is 0. The normalized spacial score (nSPS) is 14.4. The molecular weight excluding hydrogens is 154 g/mol. The Kier molecular flexibility index (Phi) is 2.27. The summed E-state index contributed by atoms with van der Waals surface area (Å²) in [6.45, 7) is 0. The lowest BCUT2D eigenvalue weighted by Gasteiger charge is -2.26. The van der Waals surface area contributed by atoms with E-state index >= 15 is 0 Å². The second kappa shape index (κ2) is 2.35. The van der Waals surface area contributed by atoms with Crippen molar-refractivity contribution in [3.8, 4) is 0 Å². The van der Waals surface area contributed by atoms with Crippen LogP contribution in [0.3, 0.4) is 0 Å². The molecule has 0 amide bonds. The van der Waals surface area contributed by atoms with Gasteiger partial charge in [0.2, 0.25) is 0 Å². The lowest BCUT2D eigenvalue weighted by molar-refractivity contribution is -0.367. The first-order valence-corrected chi connectivity index (χ1v) is 2.35. The van der Waals surface area contributed by atoms with Crippen LogP contribution < -0.4 is 0 Å². The van der Waals surface area contributed by atoms with Crippen LogP contribution in [0.15, 0.2) is 0 Å². The molecule has 0 aliphatic rings. The van der Waals surface area contributed by atoms with E-state index in [0.29, 0.717) is 0 Å². The lowest BCUT2D eigenvalue weighted by atomic mass is 10.5. The Morgan fingerprint density at radius 1 is 1.10 bits per heavy atom. The monoisotopic (exact) mass is 161 g/mol. The number of likely N-dealkylation sites (N-methyl/N-ethyl adjacent to an activating group) is 1. The number of nitrogens with zero attached hydrogens (tertiary/aromatic N) is 1. The number of rotatable bonds is 2. The third kappa shape index (κ3) is 1.57. The van der Waals surface area contributed by atoms with Gasteiger partial charge in [-0.3, -0.25) is 0 Å². The van der Waals surface area contributed by atoms with E-state index in [0.717, 1.165) is 14.1 Å². The van der Waals surface area contributed by atoms with Crippen LogP contribution in [0.25, 0.3) is 0 Å². The molecular formula is C4H7F4NO. The molecule has 0 saturated heterocycles. The Bertz CT molecular complexity index is 119. The van der Waals surface area contributed by atoms with Crippen molar-refractivity contribution >= 4 is 0 Å². The van der Waals surface area contributed by atoms with Crippen LogP contribution in [0.4, 0.5) is 17.6 Å². The van der Waals surface area contributed by atoms with E-state index in [2.05, 4.69) is 0 Å². The lowest BCUT2D eigenvalue weighted by Crippen LogP contribution is -2.50. The van der Waals surface area contributed by atoms with Gasteiger partial charge >= 0.3 is 12.2 Å². The van der Waals surface area contributed by atoms with E-state index < -0.39 is 12.2 Å². The molecule has 0 radical (unpaired) electrons. The van der Waals surface area contributed by atoms with Crippen LogP contribution >= 0.6 is 0 Å². The van der Waals surface area contributed by atoms with Crippen molar-refractivity contribution in [1.82, 2.24) is 4.90 Å². The highest BCUT2D eigenvalue weighted by Gasteiger charge is 2.57. The molecule has 1 N–H and O–H groups in total. The zero-order valence-electron chi connectivity index (χ0n) is 5.41. The first-order valence-electron chi connectivity index (χ1n) is 2.35. The average Bonchev–Trinajstić information content (AvgIpc) is 1.62. The van der Waals surface area contributed by atoms with Gasteiger partial charge in [0.05, 0.1) is 0 Å². The van der Waals surface area contributed by atoms with E-state index in [1.54, 1.807) is 0 Å². The van der Waals surface area contributed by atoms with Gasteiger partial charge in [0.25, 0.3) is 0 Å². The number of hydrogen-bond donors (Lipinski definition) is 1. The van der Waals surface area contributed by atoms with Crippen molar-refractivity contribution in [2.75, 3.05) is 14.1 Å². The van der Waals surface area contributed by atoms with E-state index in [1.807, 2.05) is 0 Å². The molecule has 0 unspecified atom stereocenters. The maximum Gasteiger partial charge on any atom is 0.432 e. The molecule has 0 spiro atoms. The fourth-order valence-electron chi connectivity index (χ4n) is 0.269. The van der Waals surface area contributed by atoms with Crippen molar-refractivity contribution < 1.29 is 22.7 Å². The van der Waals surface area contributed by atoms with Crippen LogP contribution in [-0.4, -0.2) is 36.3 Å². The standard InChI is InChI=1S/C4H7F4NO/c1-9(2)3(5,6)4(7,8)10/h10H,1-2H3. The summed E-state index contributed by atoms with van der Waals surface area (Å²) in [5.74, 6) is 0. The van der Waals surface area contributed by atoms with Crippen molar-refractivity contribution in [3.05, 3.63) is 0 Å². The van der Waals surface area contributed by atoms with E-state index in [9.17, 15) is 17.6 Å². The van der Waals surface area contributed by atoms with Gasteiger partial charge in [0.1, 0.15) is 0 Å². The predicted molar refractivity (Wildman–Crippen MR) is 25.8 cm³/mol. The molecule has 0 aliphatic carbocycles. The fourth-order valence-corrected chi connectivity index (χ4v) is 0.269. The summed E-state index contributed by atoms with van der Waals surface area (Å²) in [4.78, 5) is -0.0625. The van der Waals surface area contributed by atoms with E-state index in [-0.39, 0.29) is 4.90 Å². The Balaban J connectivity index is 4.40. The Morgan fingerprint density at radius 3 is 1.40 bits per heavy atom. The third-order valence-corrected chi connectivity index (χ3v) is 0.924. The van der Waals surface area contributed by atoms with Crippen LogP contribution in [-0.2, 0) is 0 Å². The number of halogens is 4. The molecule has 62 valence electrons. The summed E-state index contributed by atoms with van der Waals surface area (Å²) in [6, 6.07) is -4.51. The molecule has 0 heterocycles. The van der Waals surface area contributed by atoms with Gasteiger partial charge in [-0.1, -0.05) is 0 Å². The predicted octanol–water partition coefficient (Wildman–Crippen LogP) is 0.726. The van der Waals surface area contributed by atoms with Gasteiger partial charge in [-0.25, -0.2) is 4.90 Å². The summed E-state index contributed by atoms with van der Waals surface area (Å²) in [7, 11) is 1.48. The van der Waals surface area contributed by atoms with Crippen molar-refractivity contribution in [3.63, 3.8) is 0 Å². The van der Waals surface area contributed by atoms with Crippen LogP contribution in [0.2, 0.25) is 0 Å². The number of alkyl halides is 4. The summed E-state index contributed by atoms with van der Waals surface area (Å²) in [5.41, 5.74) is 0. The minimum atomic E-state index is -4.99. The maximum atomic E-state index is 12.0. The molecule has 0 atom stereocenters. The molecule has 6 heteroatoms. The first kappa shape index (κ1) is 9.64. The summed E-state index contributed by atoms with van der Waals surface area (Å²) < 4.78 is 47.0. The van der Waals surface area contributed by atoms with Crippen LogP contribution in [0, 0.1) is 0 Å². The van der Waals surface area contributed by atoms with Gasteiger partial charge in [0, 0.05) is 0 Å². The molecule has 0 bridgehead atoms. The molecule has 10 heavy (non-hydrogen) atoms. The number of hydrogen-bond acceptors (Lipinski definition) is 2. The minimum Gasteiger partial charge on any atom is -0.330 e. The Labute approximate surface area is 55.1 Å². The maximum absolute atomic E-state index is 12.0. The van der Waals surface area contributed by atoms with Crippen LogP contribution in [0.1, 0.15) is 0 Å². The van der Waals surface area contributed by atoms with Gasteiger partial charge < -0.3 is 5.11 Å². The third-order valence-electron chi connectivity index (χ3n) is 0.924.